The summed E-state index contributed by atoms with van der Waals surface area (Å²) in [7, 11) is 0. The molecule has 0 atom stereocenters. The van der Waals surface area contributed by atoms with E-state index in [2.05, 4.69) is 0 Å². The van der Waals surface area contributed by atoms with Crippen molar-refractivity contribution in [1.82, 2.24) is 0 Å². The minimum atomic E-state index is 0.177. The maximum absolute atomic E-state index is 11.7. The standard InChI is InChI=1S/C11H18O/c12-10-6-5-9-11(10)7-3-1-2-4-8-11/h1-9H2. The molecule has 0 aromatic heterocycles. The molecule has 2 saturated carbocycles. The molecule has 0 bridgehead atoms. The minimum absolute atomic E-state index is 0.177. The van der Waals surface area contributed by atoms with Crippen molar-refractivity contribution in [1.29, 1.82) is 0 Å². The third-order valence-electron chi connectivity index (χ3n) is 3.71. The maximum atomic E-state index is 11.7. The predicted octanol–water partition coefficient (Wildman–Crippen LogP) is 3.08. The van der Waals surface area contributed by atoms with E-state index in [1.54, 1.807) is 0 Å². The van der Waals surface area contributed by atoms with E-state index in [-0.39, 0.29) is 5.41 Å². The van der Waals surface area contributed by atoms with Crippen LogP contribution in [-0.2, 0) is 4.79 Å². The Balaban J connectivity index is 2.11. The third kappa shape index (κ3) is 1.30. The molecule has 12 heavy (non-hydrogen) atoms. The van der Waals surface area contributed by atoms with Gasteiger partial charge in [-0.05, 0) is 25.7 Å². The monoisotopic (exact) mass is 166 g/mol. The van der Waals surface area contributed by atoms with E-state index >= 15 is 0 Å². The Morgan fingerprint density at radius 3 is 1.92 bits per heavy atom. The fourth-order valence-electron chi connectivity index (χ4n) is 2.93. The number of carbonyl (C=O) groups excluding carboxylic acids is 1. The van der Waals surface area contributed by atoms with Crippen LogP contribution < -0.4 is 0 Å². The first-order valence-corrected chi connectivity index (χ1v) is 5.37. The van der Waals surface area contributed by atoms with E-state index in [0.29, 0.717) is 5.78 Å². The molecule has 0 amide bonds. The summed E-state index contributed by atoms with van der Waals surface area (Å²) in [5, 5.41) is 0. The first-order chi connectivity index (χ1) is 5.83. The molecule has 0 aromatic carbocycles. The molecule has 0 aromatic rings. The summed E-state index contributed by atoms with van der Waals surface area (Å²) in [4.78, 5) is 11.7. The van der Waals surface area contributed by atoms with Gasteiger partial charge in [-0.2, -0.15) is 0 Å². The topological polar surface area (TPSA) is 17.1 Å². The molecular formula is C11H18O. The molecule has 0 saturated heterocycles. The summed E-state index contributed by atoms with van der Waals surface area (Å²) in [6, 6.07) is 0. The summed E-state index contributed by atoms with van der Waals surface area (Å²) < 4.78 is 0. The minimum Gasteiger partial charge on any atom is -0.299 e. The van der Waals surface area contributed by atoms with Crippen LogP contribution in [0.15, 0.2) is 0 Å². The number of hydrogen-bond acceptors (Lipinski definition) is 1. The lowest BCUT2D eigenvalue weighted by molar-refractivity contribution is -0.126. The van der Waals surface area contributed by atoms with Crippen molar-refractivity contribution in [2.45, 2.75) is 57.8 Å². The summed E-state index contributed by atoms with van der Waals surface area (Å²) in [5.74, 6) is 0.587. The molecule has 0 radical (unpaired) electrons. The fourth-order valence-corrected chi connectivity index (χ4v) is 2.93. The second-order valence-corrected chi connectivity index (χ2v) is 4.47. The number of ketones is 1. The number of Topliss-reactive ketones (excluding diaryl/α,β-unsaturated/α-hetero) is 1. The van der Waals surface area contributed by atoms with Gasteiger partial charge < -0.3 is 0 Å². The second-order valence-electron chi connectivity index (χ2n) is 4.47. The number of rotatable bonds is 0. The lowest BCUT2D eigenvalue weighted by Gasteiger charge is -2.24. The van der Waals surface area contributed by atoms with E-state index in [1.807, 2.05) is 0 Å². The molecule has 2 rings (SSSR count). The third-order valence-corrected chi connectivity index (χ3v) is 3.71. The average Bonchev–Trinajstić information content (AvgIpc) is 2.33. The Morgan fingerprint density at radius 1 is 0.833 bits per heavy atom. The lowest BCUT2D eigenvalue weighted by atomic mass is 9.78. The molecule has 1 nitrogen and oxygen atoms in total. The van der Waals surface area contributed by atoms with Crippen molar-refractivity contribution in [3.8, 4) is 0 Å². The first-order valence-electron chi connectivity index (χ1n) is 5.37. The first kappa shape index (κ1) is 8.28. The van der Waals surface area contributed by atoms with Gasteiger partial charge in [0.15, 0.2) is 0 Å². The van der Waals surface area contributed by atoms with Crippen LogP contribution in [0.25, 0.3) is 0 Å². The highest BCUT2D eigenvalue weighted by atomic mass is 16.1. The second kappa shape index (κ2) is 3.20. The molecule has 0 heterocycles. The van der Waals surface area contributed by atoms with Gasteiger partial charge >= 0.3 is 0 Å². The van der Waals surface area contributed by atoms with Gasteiger partial charge in [-0.15, -0.1) is 0 Å². The summed E-state index contributed by atoms with van der Waals surface area (Å²) in [5.41, 5.74) is 0.177. The average molecular weight is 166 g/mol. The van der Waals surface area contributed by atoms with Gasteiger partial charge in [0.05, 0.1) is 0 Å². The van der Waals surface area contributed by atoms with E-state index in [0.717, 1.165) is 6.42 Å². The molecular weight excluding hydrogens is 148 g/mol. The maximum Gasteiger partial charge on any atom is 0.139 e. The highest BCUT2D eigenvalue weighted by molar-refractivity contribution is 5.86. The van der Waals surface area contributed by atoms with Gasteiger partial charge in [-0.3, -0.25) is 4.79 Å². The van der Waals surface area contributed by atoms with Gasteiger partial charge in [0.2, 0.25) is 0 Å². The van der Waals surface area contributed by atoms with Crippen LogP contribution >= 0.6 is 0 Å². The Hall–Kier alpha value is -0.330. The van der Waals surface area contributed by atoms with Crippen molar-refractivity contribution in [3.63, 3.8) is 0 Å². The zero-order valence-electron chi connectivity index (χ0n) is 7.77. The van der Waals surface area contributed by atoms with Crippen LogP contribution in [0.1, 0.15) is 57.8 Å². The van der Waals surface area contributed by atoms with Crippen molar-refractivity contribution < 1.29 is 4.79 Å². The molecule has 2 fully saturated rings. The van der Waals surface area contributed by atoms with Gasteiger partial charge in [0.1, 0.15) is 5.78 Å². The zero-order valence-corrected chi connectivity index (χ0v) is 7.77. The van der Waals surface area contributed by atoms with E-state index in [4.69, 9.17) is 0 Å². The summed E-state index contributed by atoms with van der Waals surface area (Å²) in [6.45, 7) is 0. The fraction of sp³-hybridized carbons (Fsp3) is 0.909. The van der Waals surface area contributed by atoms with Gasteiger partial charge in [-0.1, -0.05) is 25.7 Å². The Labute approximate surface area is 74.5 Å². The largest absolute Gasteiger partial charge is 0.299 e. The van der Waals surface area contributed by atoms with E-state index in [9.17, 15) is 4.79 Å². The molecule has 68 valence electrons. The molecule has 1 spiro atoms. The van der Waals surface area contributed by atoms with Crippen LogP contribution in [0.3, 0.4) is 0 Å². The van der Waals surface area contributed by atoms with Crippen LogP contribution in [-0.4, -0.2) is 5.78 Å². The Morgan fingerprint density at radius 2 is 1.42 bits per heavy atom. The molecule has 0 N–H and O–H groups in total. The zero-order chi connectivity index (χ0) is 8.44. The van der Waals surface area contributed by atoms with Crippen molar-refractivity contribution >= 4 is 5.78 Å². The SMILES string of the molecule is O=C1CCCC12CCCCCC2. The Kier molecular flexibility index (Phi) is 2.20. The smallest absolute Gasteiger partial charge is 0.139 e. The van der Waals surface area contributed by atoms with Crippen molar-refractivity contribution in [3.05, 3.63) is 0 Å². The summed E-state index contributed by atoms with van der Waals surface area (Å²) >= 11 is 0. The number of carbonyl (C=O) groups is 1. The van der Waals surface area contributed by atoms with Gasteiger partial charge in [-0.25, -0.2) is 0 Å². The summed E-state index contributed by atoms with van der Waals surface area (Å²) in [6.07, 6.45) is 10.9. The highest BCUT2D eigenvalue weighted by Gasteiger charge is 2.41. The van der Waals surface area contributed by atoms with Gasteiger partial charge in [0.25, 0.3) is 0 Å². The molecule has 1 heteroatoms. The van der Waals surface area contributed by atoms with Crippen molar-refractivity contribution in [2.75, 3.05) is 0 Å². The van der Waals surface area contributed by atoms with Crippen LogP contribution in [0.4, 0.5) is 0 Å². The van der Waals surface area contributed by atoms with Crippen molar-refractivity contribution in [2.24, 2.45) is 5.41 Å². The van der Waals surface area contributed by atoms with Crippen LogP contribution in [0, 0.1) is 5.41 Å². The molecule has 2 aliphatic carbocycles. The highest BCUT2D eigenvalue weighted by Crippen LogP contribution is 2.45. The molecule has 0 unspecified atom stereocenters. The molecule has 2 aliphatic rings. The normalized spacial score (nSPS) is 29.2. The van der Waals surface area contributed by atoms with Crippen LogP contribution in [0.2, 0.25) is 0 Å². The van der Waals surface area contributed by atoms with Crippen LogP contribution in [0.5, 0.6) is 0 Å². The molecule has 0 aliphatic heterocycles. The Bertz CT molecular complexity index is 175. The van der Waals surface area contributed by atoms with E-state index < -0.39 is 0 Å². The number of hydrogen-bond donors (Lipinski definition) is 0. The van der Waals surface area contributed by atoms with E-state index in [1.165, 1.54) is 51.4 Å². The lowest BCUT2D eigenvalue weighted by Crippen LogP contribution is -2.24. The van der Waals surface area contributed by atoms with Gasteiger partial charge in [0, 0.05) is 11.8 Å². The quantitative estimate of drug-likeness (QED) is 0.540. The predicted molar refractivity (Wildman–Crippen MR) is 49.0 cm³/mol.